The molecule has 0 unspecified atom stereocenters. The summed E-state index contributed by atoms with van der Waals surface area (Å²) >= 11 is 0. The highest BCUT2D eigenvalue weighted by Gasteiger charge is 2.50. The van der Waals surface area contributed by atoms with Crippen molar-refractivity contribution < 1.29 is 0 Å². The fourth-order valence-electron chi connectivity index (χ4n) is 18.9. The van der Waals surface area contributed by atoms with E-state index in [-0.39, 0.29) is 6.71 Å². The Morgan fingerprint density at radius 3 is 0.780 bits per heavy atom. The molecule has 0 saturated heterocycles. The molecule has 0 amide bonds. The van der Waals surface area contributed by atoms with Crippen LogP contribution in [0.5, 0.6) is 0 Å². The molecule has 18 aromatic rings. The molecule has 109 heavy (non-hydrogen) atoms. The smallest absolute Gasteiger partial charge is 0.252 e. The number of anilines is 6. The van der Waals surface area contributed by atoms with E-state index in [2.05, 4.69) is 463 Å². The van der Waals surface area contributed by atoms with E-state index >= 15 is 0 Å². The van der Waals surface area contributed by atoms with Crippen LogP contribution in [0.15, 0.2) is 449 Å². The topological polar surface area (TPSA) is 11.4 Å². The normalized spacial score (nSPS) is 12.5. The second kappa shape index (κ2) is 27.3. The highest BCUT2D eigenvalue weighted by atomic mass is 28.3. The zero-order valence-corrected chi connectivity index (χ0v) is 63.1. The van der Waals surface area contributed by atoms with Crippen molar-refractivity contribution in [3.63, 3.8) is 0 Å². The van der Waals surface area contributed by atoms with Crippen LogP contribution in [-0.4, -0.2) is 35.5 Å². The molecule has 3 nitrogen and oxygen atoms in total. The SMILES string of the molecule is c1ccc(-c2cc(N3c4ccccc4B4c5ccccc5N(c5cc([Si](c6ccccc6)(c6ccccc6)c6ccccc6)cc([Si](c6ccccc6)(c6ccccc6)c6ccccc6)c5)c5cc(-n6c7ccccc7c7ccccc76)cc3c54)cc([Si](c3ccccc3)(c3ccccc3)c3ccccc3)c2)cc1. The quantitative estimate of drug-likeness (QED) is 0.0706. The molecular formula is C102H74BN3Si3. The van der Waals surface area contributed by atoms with E-state index in [4.69, 9.17) is 0 Å². The van der Waals surface area contributed by atoms with E-state index < -0.39 is 24.2 Å². The molecule has 0 aliphatic carbocycles. The van der Waals surface area contributed by atoms with Gasteiger partial charge in [-0.2, -0.15) is 0 Å². The van der Waals surface area contributed by atoms with Crippen LogP contribution in [0.25, 0.3) is 38.6 Å². The number of rotatable bonds is 16. The van der Waals surface area contributed by atoms with E-state index in [0.717, 1.165) is 62.0 Å². The minimum absolute atomic E-state index is 0.180. The number of nitrogens with zero attached hydrogens (tertiary/aromatic N) is 3. The van der Waals surface area contributed by atoms with Gasteiger partial charge in [-0.1, -0.05) is 388 Å². The molecule has 0 N–H and O–H groups in total. The third kappa shape index (κ3) is 10.5. The van der Waals surface area contributed by atoms with Gasteiger partial charge in [0.15, 0.2) is 24.2 Å². The lowest BCUT2D eigenvalue weighted by Crippen LogP contribution is -2.78. The van der Waals surface area contributed by atoms with Crippen molar-refractivity contribution in [1.29, 1.82) is 0 Å². The van der Waals surface area contributed by atoms with E-state index in [1.807, 2.05) is 0 Å². The Morgan fingerprint density at radius 1 is 0.183 bits per heavy atom. The first-order chi connectivity index (χ1) is 54.1. The second-order valence-corrected chi connectivity index (χ2v) is 40.4. The Kier molecular flexibility index (Phi) is 16.4. The standard InChI is InChI=1S/C102H74BN3Si3/c1-11-39-75(40-12-1)76-67-77(69-89(68-76)107(80-41-13-2-14-42-80,81-43-15-3-16-44-81)82-45-17-4-18-46-82)105-98-65-37-33-61-94(98)103-95-62-34-38-66-99(95)106(101-73-79(72-100(105)102(101)103)104-96-63-35-31-59-92(96)93-60-32-36-64-97(93)104)78-70-90(108(83-47-19-5-20-48-83,84-49-21-6-22-50-84)85-51-23-7-24-52-85)74-91(71-78)109(86-53-25-8-26-54-86,87-55-27-9-28-56-87)88-57-29-10-30-58-88/h1-74H. The zero-order chi connectivity index (χ0) is 72.3. The van der Waals surface area contributed by atoms with Crippen LogP contribution in [0.2, 0.25) is 0 Å². The summed E-state index contributed by atoms with van der Waals surface area (Å²) in [6, 6.07) is 172. The summed E-state index contributed by atoms with van der Waals surface area (Å²) in [5.41, 5.74) is 16.1. The van der Waals surface area contributed by atoms with Crippen molar-refractivity contribution in [1.82, 2.24) is 4.57 Å². The largest absolute Gasteiger partial charge is 0.311 e. The van der Waals surface area contributed by atoms with Crippen molar-refractivity contribution in [2.75, 3.05) is 9.80 Å². The molecule has 3 heterocycles. The predicted molar refractivity (Wildman–Crippen MR) is 471 cm³/mol. The third-order valence-corrected chi connectivity index (χ3v) is 37.6. The Hall–Kier alpha value is -13.1. The monoisotopic (exact) mass is 1440 g/mol. The van der Waals surface area contributed by atoms with Crippen molar-refractivity contribution in [3.8, 4) is 16.8 Å². The number of aromatic nitrogens is 1. The molecule has 2 aliphatic rings. The fourth-order valence-corrected chi connectivity index (χ4v) is 33.5. The van der Waals surface area contributed by atoms with Gasteiger partial charge in [-0.15, -0.1) is 0 Å². The van der Waals surface area contributed by atoms with Crippen LogP contribution in [0.1, 0.15) is 0 Å². The van der Waals surface area contributed by atoms with Crippen LogP contribution < -0.4 is 88.4 Å². The first-order valence-corrected chi connectivity index (χ1v) is 43.9. The van der Waals surface area contributed by atoms with E-state index in [0.29, 0.717) is 0 Å². The van der Waals surface area contributed by atoms with Gasteiger partial charge in [0.25, 0.3) is 6.71 Å². The van der Waals surface area contributed by atoms with Crippen LogP contribution in [0, 0.1) is 0 Å². The number of para-hydroxylation sites is 4. The predicted octanol–water partition coefficient (Wildman–Crippen LogP) is 14.7. The van der Waals surface area contributed by atoms with Gasteiger partial charge in [0, 0.05) is 44.9 Å². The molecule has 0 fully saturated rings. The summed E-state index contributed by atoms with van der Waals surface area (Å²) in [5.74, 6) is 0. The Labute approximate surface area is 641 Å². The first-order valence-electron chi connectivity index (χ1n) is 37.9. The maximum atomic E-state index is 2.71. The zero-order valence-electron chi connectivity index (χ0n) is 60.1. The van der Waals surface area contributed by atoms with Gasteiger partial charge in [-0.25, -0.2) is 0 Å². The van der Waals surface area contributed by atoms with Gasteiger partial charge in [-0.3, -0.25) is 0 Å². The van der Waals surface area contributed by atoms with Gasteiger partial charge in [0.1, 0.15) is 0 Å². The second-order valence-electron chi connectivity index (χ2n) is 28.9. The average Bonchev–Trinajstić information content (AvgIpc) is 1.26. The molecule has 0 atom stereocenters. The maximum Gasteiger partial charge on any atom is 0.252 e. The molecule has 1 aromatic heterocycles. The van der Waals surface area contributed by atoms with Gasteiger partial charge >= 0.3 is 0 Å². The lowest BCUT2D eigenvalue weighted by atomic mass is 9.33. The van der Waals surface area contributed by atoms with E-state index in [1.54, 1.807) is 0 Å². The summed E-state index contributed by atoms with van der Waals surface area (Å²) in [6.07, 6.45) is 0. The van der Waals surface area contributed by atoms with E-state index in [1.165, 1.54) is 89.4 Å². The molecule has 0 spiro atoms. The minimum Gasteiger partial charge on any atom is -0.311 e. The fraction of sp³-hybridized carbons (Fsp3) is 0. The third-order valence-electron chi connectivity index (χ3n) is 23.3. The highest BCUT2D eigenvalue weighted by Crippen LogP contribution is 2.47. The molecule has 17 aromatic carbocycles. The number of hydrogen-bond donors (Lipinski definition) is 0. The van der Waals surface area contributed by atoms with Gasteiger partial charge in [-0.05, 0) is 150 Å². The van der Waals surface area contributed by atoms with Crippen LogP contribution >= 0.6 is 0 Å². The van der Waals surface area contributed by atoms with E-state index in [9.17, 15) is 0 Å². The van der Waals surface area contributed by atoms with Gasteiger partial charge < -0.3 is 14.4 Å². The molecule has 7 heteroatoms. The first kappa shape index (κ1) is 65.4. The lowest BCUT2D eigenvalue weighted by Gasteiger charge is -2.45. The average molecular weight is 1440 g/mol. The number of benzene rings is 17. The van der Waals surface area contributed by atoms with Gasteiger partial charge in [0.05, 0.1) is 16.7 Å². The van der Waals surface area contributed by atoms with Crippen molar-refractivity contribution in [2.45, 2.75) is 0 Å². The van der Waals surface area contributed by atoms with Crippen molar-refractivity contribution in [2.24, 2.45) is 0 Å². The summed E-state index contributed by atoms with van der Waals surface area (Å²) < 4.78 is 2.55. The summed E-state index contributed by atoms with van der Waals surface area (Å²) in [6.45, 7) is -0.180. The highest BCUT2D eigenvalue weighted by molar-refractivity contribution is 7.22. The molecule has 20 rings (SSSR count). The molecule has 0 radical (unpaired) electrons. The Morgan fingerprint density at radius 2 is 0.450 bits per heavy atom. The summed E-state index contributed by atoms with van der Waals surface area (Å²) in [4.78, 5) is 5.38. The molecule has 512 valence electrons. The number of hydrogen-bond acceptors (Lipinski definition) is 2. The maximum absolute atomic E-state index is 3.37. The van der Waals surface area contributed by atoms with Gasteiger partial charge in [0.2, 0.25) is 0 Å². The minimum atomic E-state index is -3.37. The number of fused-ring (bicyclic) bond motifs is 7. The molecule has 0 bridgehead atoms. The van der Waals surface area contributed by atoms with Crippen LogP contribution in [-0.2, 0) is 0 Å². The van der Waals surface area contributed by atoms with Crippen LogP contribution in [0.4, 0.5) is 34.1 Å². The van der Waals surface area contributed by atoms with Crippen molar-refractivity contribution >= 4 is 165 Å². The molecular weight excluding hydrogens is 1360 g/mol. The Bertz CT molecular complexity index is 5870. The van der Waals surface area contributed by atoms with Crippen molar-refractivity contribution in [3.05, 3.63) is 449 Å². The van der Waals surface area contributed by atoms with Crippen LogP contribution in [0.3, 0.4) is 0 Å². The molecule has 0 saturated carbocycles. The summed E-state index contributed by atoms with van der Waals surface area (Å²) in [7, 11) is -9.94. The lowest BCUT2D eigenvalue weighted by molar-refractivity contribution is 1.16. The Balaban J connectivity index is 0.959. The molecule has 2 aliphatic heterocycles. The summed E-state index contributed by atoms with van der Waals surface area (Å²) in [5, 5.41) is 18.2.